The van der Waals surface area contributed by atoms with E-state index in [1.54, 1.807) is 0 Å². The van der Waals surface area contributed by atoms with Crippen LogP contribution in [0.15, 0.2) is 41.4 Å². The number of fused-ring (bicyclic) bond motifs is 6. The molecule has 3 aliphatic rings. The van der Waals surface area contributed by atoms with Gasteiger partial charge in [0.15, 0.2) is 46.5 Å². The Morgan fingerprint density at radius 2 is 1.15 bits per heavy atom. The molecule has 4 aromatic rings. The zero-order chi connectivity index (χ0) is 32.9. The molecular formula is C32H14F8N6. The van der Waals surface area contributed by atoms with Crippen molar-refractivity contribution in [2.24, 2.45) is 10.7 Å². The summed E-state index contributed by atoms with van der Waals surface area (Å²) >= 11 is 0. The molecule has 6 nitrogen and oxygen atoms in total. The van der Waals surface area contributed by atoms with Gasteiger partial charge >= 0.3 is 0 Å². The van der Waals surface area contributed by atoms with Crippen LogP contribution in [0.2, 0.25) is 0 Å². The monoisotopic (exact) mass is 634 g/mol. The van der Waals surface area contributed by atoms with Crippen LogP contribution in [0.4, 0.5) is 35.1 Å². The number of halogens is 8. The van der Waals surface area contributed by atoms with E-state index >= 15 is 0 Å². The van der Waals surface area contributed by atoms with E-state index in [1.807, 2.05) is 0 Å². The quantitative estimate of drug-likeness (QED) is 0.181. The standard InChI is InChI=1S/C32H14F8N6/c33-19-15(7-41)20(34)24(38)17(23(19)37)9-1-3-11-13(5-9)27(43)31-29(11)45-32-28(44)14-6-10(2-4-12(14)30(32)46-31)18-25(39)21(35)16(8-42)22(36)26(18)40/h1-6,27,30-32,44,46H,43H2. The molecule has 4 atom stereocenters. The molecule has 0 amide bonds. The maximum Gasteiger partial charge on any atom is 0.180 e. The maximum atomic E-state index is 14.8. The Morgan fingerprint density at radius 3 is 1.67 bits per heavy atom. The Bertz CT molecular complexity index is 2160. The van der Waals surface area contributed by atoms with Crippen LogP contribution >= 0.6 is 0 Å². The fourth-order valence-electron chi connectivity index (χ4n) is 6.42. The molecule has 46 heavy (non-hydrogen) atoms. The summed E-state index contributed by atoms with van der Waals surface area (Å²) < 4.78 is 117. The molecule has 4 unspecified atom stereocenters. The van der Waals surface area contributed by atoms with Gasteiger partial charge in [0.1, 0.15) is 29.3 Å². The van der Waals surface area contributed by atoms with Crippen LogP contribution in [0.5, 0.6) is 0 Å². The van der Waals surface area contributed by atoms with Crippen LogP contribution in [0.1, 0.15) is 45.5 Å². The summed E-state index contributed by atoms with van der Waals surface area (Å²) in [6, 6.07) is 6.72. The summed E-state index contributed by atoms with van der Waals surface area (Å²) in [7, 11) is 0. The lowest BCUT2D eigenvalue weighted by Crippen LogP contribution is -2.49. The van der Waals surface area contributed by atoms with Crippen molar-refractivity contribution in [2.75, 3.05) is 0 Å². The molecule has 0 saturated heterocycles. The van der Waals surface area contributed by atoms with Gasteiger partial charge in [-0.15, -0.1) is 0 Å². The average Bonchev–Trinajstić information content (AvgIpc) is 3.48. The molecule has 0 aromatic heterocycles. The van der Waals surface area contributed by atoms with Crippen molar-refractivity contribution >= 4 is 11.4 Å². The van der Waals surface area contributed by atoms with Crippen molar-refractivity contribution in [3.05, 3.63) is 116 Å². The highest BCUT2D eigenvalue weighted by atomic mass is 19.2. The van der Waals surface area contributed by atoms with E-state index in [4.69, 9.17) is 26.7 Å². The van der Waals surface area contributed by atoms with Gasteiger partial charge in [-0.05, 0) is 34.4 Å². The van der Waals surface area contributed by atoms with Crippen molar-refractivity contribution in [3.63, 3.8) is 0 Å². The van der Waals surface area contributed by atoms with E-state index in [-0.39, 0.29) is 22.4 Å². The summed E-state index contributed by atoms with van der Waals surface area (Å²) in [6.07, 6.45) is 0. The first-order chi connectivity index (χ1) is 21.9. The molecule has 228 valence electrons. The highest BCUT2D eigenvalue weighted by molar-refractivity contribution is 6.15. The molecule has 2 aliphatic carbocycles. The number of nitrogens with two attached hydrogens (primary N) is 1. The largest absolute Gasteiger partial charge is 0.322 e. The second-order valence-corrected chi connectivity index (χ2v) is 10.9. The Kier molecular flexibility index (Phi) is 6.39. The molecule has 0 saturated carbocycles. The zero-order valence-electron chi connectivity index (χ0n) is 22.7. The molecule has 4 N–H and O–H groups in total. The van der Waals surface area contributed by atoms with E-state index in [2.05, 4.69) is 5.32 Å². The van der Waals surface area contributed by atoms with E-state index in [0.717, 1.165) is 12.1 Å². The molecule has 1 heterocycles. The fraction of sp³-hybridized carbons (Fsp3) is 0.125. The molecule has 0 fully saturated rings. The van der Waals surface area contributed by atoms with Gasteiger partial charge in [0.05, 0.1) is 40.7 Å². The fourth-order valence-corrected chi connectivity index (χ4v) is 6.42. The van der Waals surface area contributed by atoms with Gasteiger partial charge in [-0.1, -0.05) is 24.3 Å². The summed E-state index contributed by atoms with van der Waals surface area (Å²) in [5.41, 5.74) is 2.81. The Balaban J connectivity index is 1.28. The van der Waals surface area contributed by atoms with Crippen LogP contribution in [0.25, 0.3) is 22.3 Å². The Hall–Kier alpha value is -5.44. The van der Waals surface area contributed by atoms with Gasteiger partial charge in [0.25, 0.3) is 0 Å². The van der Waals surface area contributed by atoms with E-state index in [0.29, 0.717) is 22.4 Å². The SMILES string of the molecule is N#Cc1c(F)c(F)c(-c2ccc3c(c2)C(=N)C2N=C4c5ccc(-c6c(F)c(F)c(C#N)c(F)c6F)cc5C(N)C4NC32)c(F)c1F. The number of benzene rings is 4. The van der Waals surface area contributed by atoms with Gasteiger partial charge in [-0.3, -0.25) is 10.3 Å². The van der Waals surface area contributed by atoms with Crippen LogP contribution < -0.4 is 11.1 Å². The molecule has 0 bridgehead atoms. The van der Waals surface area contributed by atoms with Crippen molar-refractivity contribution in [1.82, 2.24) is 5.32 Å². The Labute approximate surface area is 253 Å². The third-order valence-corrected chi connectivity index (χ3v) is 8.60. The average molecular weight is 634 g/mol. The van der Waals surface area contributed by atoms with E-state index in [9.17, 15) is 35.1 Å². The smallest absolute Gasteiger partial charge is 0.180 e. The zero-order valence-corrected chi connectivity index (χ0v) is 22.7. The minimum absolute atomic E-state index is 0.0954. The Morgan fingerprint density at radius 1 is 0.652 bits per heavy atom. The predicted octanol–water partition coefficient (Wildman–Crippen LogP) is 6.14. The number of hydrogen-bond donors (Lipinski definition) is 3. The first-order valence-corrected chi connectivity index (χ1v) is 13.4. The predicted molar refractivity (Wildman–Crippen MR) is 147 cm³/mol. The number of nitrogens with zero attached hydrogens (tertiary/aromatic N) is 3. The van der Waals surface area contributed by atoms with Crippen LogP contribution in [0, 0.1) is 74.6 Å². The first-order valence-electron chi connectivity index (χ1n) is 13.4. The molecule has 1 aliphatic heterocycles. The summed E-state index contributed by atoms with van der Waals surface area (Å²) in [5.74, 6) is -14.4. The van der Waals surface area contributed by atoms with Crippen molar-refractivity contribution in [1.29, 1.82) is 15.9 Å². The van der Waals surface area contributed by atoms with Gasteiger partial charge in [0, 0.05) is 11.1 Å². The molecule has 7 rings (SSSR count). The lowest BCUT2D eigenvalue weighted by molar-refractivity contribution is 0.431. The number of rotatable bonds is 2. The van der Waals surface area contributed by atoms with Crippen molar-refractivity contribution in [2.45, 2.75) is 24.2 Å². The third kappa shape index (κ3) is 3.74. The van der Waals surface area contributed by atoms with Crippen LogP contribution in [-0.2, 0) is 0 Å². The minimum Gasteiger partial charge on any atom is -0.322 e. The highest BCUT2D eigenvalue weighted by Crippen LogP contribution is 2.45. The summed E-state index contributed by atoms with van der Waals surface area (Å²) in [4.78, 5) is 4.71. The van der Waals surface area contributed by atoms with Gasteiger partial charge < -0.3 is 11.1 Å². The first kappa shape index (κ1) is 29.3. The minimum atomic E-state index is -1.85. The maximum absolute atomic E-state index is 14.8. The third-order valence-electron chi connectivity index (χ3n) is 8.60. The lowest BCUT2D eigenvalue weighted by Gasteiger charge is -2.31. The highest BCUT2D eigenvalue weighted by Gasteiger charge is 2.47. The summed E-state index contributed by atoms with van der Waals surface area (Å²) in [6.45, 7) is 0. The van der Waals surface area contributed by atoms with Crippen LogP contribution in [0.3, 0.4) is 0 Å². The van der Waals surface area contributed by atoms with Crippen LogP contribution in [-0.4, -0.2) is 23.5 Å². The van der Waals surface area contributed by atoms with E-state index in [1.165, 1.54) is 36.4 Å². The molecule has 0 spiro atoms. The molecule has 0 radical (unpaired) electrons. The molecular weight excluding hydrogens is 620 g/mol. The van der Waals surface area contributed by atoms with E-state index < -0.39 is 93.0 Å². The molecule has 14 heteroatoms. The van der Waals surface area contributed by atoms with Crippen molar-refractivity contribution in [3.8, 4) is 34.4 Å². The topological polar surface area (TPSA) is 122 Å². The second-order valence-electron chi connectivity index (χ2n) is 10.9. The van der Waals surface area contributed by atoms with Gasteiger partial charge in [-0.25, -0.2) is 35.1 Å². The lowest BCUT2D eigenvalue weighted by atomic mass is 9.96. The number of nitrogens with one attached hydrogen (secondary N) is 2. The number of aliphatic imine (C=N–C) groups is 1. The normalized spacial score (nSPS) is 20.8. The van der Waals surface area contributed by atoms with Gasteiger partial charge in [-0.2, -0.15) is 10.5 Å². The van der Waals surface area contributed by atoms with Crippen molar-refractivity contribution < 1.29 is 35.1 Å². The van der Waals surface area contributed by atoms with Gasteiger partial charge in [0.2, 0.25) is 0 Å². The number of hydrogen-bond acceptors (Lipinski definition) is 6. The second kappa shape index (κ2) is 10.0. The number of nitriles is 2. The summed E-state index contributed by atoms with van der Waals surface area (Å²) in [5, 5.41) is 29.8. The molecule has 4 aromatic carbocycles.